The van der Waals surface area contributed by atoms with Gasteiger partial charge in [-0.3, -0.25) is 4.98 Å². The van der Waals surface area contributed by atoms with E-state index in [1.165, 1.54) is 0 Å². The Balaban J connectivity index is 1.84. The second kappa shape index (κ2) is 8.15. The Morgan fingerprint density at radius 2 is 2.03 bits per heavy atom. The van der Waals surface area contributed by atoms with Crippen LogP contribution in [0.15, 0.2) is 42.7 Å². The molecular weight excluding hydrogens is 366 g/mol. The topological polar surface area (TPSA) is 79.4 Å². The smallest absolute Gasteiger partial charge is 0.405 e. The SMILES string of the molecule is Cc1cc(-c2ccnc3ccn(C)c23)ccc1OC[C@](C)(CC(C)C)OC(N)=O. The molecule has 0 aliphatic heterocycles. The lowest BCUT2D eigenvalue weighted by Gasteiger charge is -2.30. The van der Waals surface area contributed by atoms with Gasteiger partial charge in [0.05, 0.1) is 11.0 Å². The van der Waals surface area contributed by atoms with Gasteiger partial charge < -0.3 is 19.8 Å². The molecule has 0 radical (unpaired) electrons. The van der Waals surface area contributed by atoms with Crippen LogP contribution in [0.1, 0.15) is 32.8 Å². The van der Waals surface area contributed by atoms with Crippen molar-refractivity contribution in [2.75, 3.05) is 6.61 Å². The van der Waals surface area contributed by atoms with Crippen LogP contribution < -0.4 is 10.5 Å². The molecule has 0 fully saturated rings. The lowest BCUT2D eigenvalue weighted by atomic mass is 9.95. The van der Waals surface area contributed by atoms with Crippen LogP contribution in [-0.4, -0.2) is 27.9 Å². The zero-order chi connectivity index (χ0) is 21.2. The molecule has 0 aliphatic carbocycles. The van der Waals surface area contributed by atoms with Crippen molar-refractivity contribution in [2.24, 2.45) is 18.7 Å². The molecule has 6 nitrogen and oxygen atoms in total. The molecule has 0 unspecified atom stereocenters. The lowest BCUT2D eigenvalue weighted by molar-refractivity contribution is -0.0187. The monoisotopic (exact) mass is 395 g/mol. The Labute approximate surface area is 171 Å². The summed E-state index contributed by atoms with van der Waals surface area (Å²) >= 11 is 0. The van der Waals surface area contributed by atoms with Crippen molar-refractivity contribution in [1.29, 1.82) is 0 Å². The fraction of sp³-hybridized carbons (Fsp3) is 0.391. The zero-order valence-electron chi connectivity index (χ0n) is 17.7. The predicted octanol–water partition coefficient (Wildman–Crippen LogP) is 4.83. The summed E-state index contributed by atoms with van der Waals surface area (Å²) in [5.74, 6) is 1.10. The zero-order valence-corrected chi connectivity index (χ0v) is 17.7. The highest BCUT2D eigenvalue weighted by molar-refractivity contribution is 5.92. The van der Waals surface area contributed by atoms with E-state index in [4.69, 9.17) is 15.2 Å². The van der Waals surface area contributed by atoms with Crippen LogP contribution in [0, 0.1) is 12.8 Å². The Morgan fingerprint density at radius 1 is 1.28 bits per heavy atom. The minimum Gasteiger partial charge on any atom is -0.489 e. The summed E-state index contributed by atoms with van der Waals surface area (Å²) in [5, 5.41) is 0. The number of aryl methyl sites for hydroxylation is 2. The van der Waals surface area contributed by atoms with E-state index in [0.29, 0.717) is 12.3 Å². The third-order valence-electron chi connectivity index (χ3n) is 4.97. The standard InChI is InChI=1S/C23H29N3O3/c1-15(2)13-23(4,29-22(24)27)14-28-20-7-6-17(12-16(20)3)18-8-10-25-19-9-11-26(5)21(18)19/h6-12,15H,13-14H2,1-5H3,(H2,24,27)/t23-/m0/s1. The number of carbonyl (C=O) groups is 1. The molecule has 3 aromatic rings. The summed E-state index contributed by atoms with van der Waals surface area (Å²) in [4.78, 5) is 15.8. The van der Waals surface area contributed by atoms with Crippen molar-refractivity contribution in [3.63, 3.8) is 0 Å². The fourth-order valence-corrected chi connectivity index (χ4v) is 3.90. The van der Waals surface area contributed by atoms with Gasteiger partial charge in [-0.1, -0.05) is 19.9 Å². The maximum atomic E-state index is 11.3. The van der Waals surface area contributed by atoms with Gasteiger partial charge >= 0.3 is 6.09 Å². The molecular formula is C23H29N3O3. The Bertz CT molecular complexity index is 1030. The van der Waals surface area contributed by atoms with Crippen LogP contribution in [0.3, 0.4) is 0 Å². The van der Waals surface area contributed by atoms with E-state index in [1.54, 1.807) is 0 Å². The summed E-state index contributed by atoms with van der Waals surface area (Å²) in [6, 6.07) is 10.1. The van der Waals surface area contributed by atoms with E-state index in [1.807, 2.05) is 57.6 Å². The summed E-state index contributed by atoms with van der Waals surface area (Å²) in [5.41, 5.74) is 9.79. The molecule has 0 bridgehead atoms. The number of ether oxygens (including phenoxy) is 2. The van der Waals surface area contributed by atoms with Crippen molar-refractivity contribution >= 4 is 17.1 Å². The van der Waals surface area contributed by atoms with Crippen LogP contribution in [0.2, 0.25) is 0 Å². The van der Waals surface area contributed by atoms with Crippen LogP contribution in [0.5, 0.6) is 5.75 Å². The van der Waals surface area contributed by atoms with Crippen molar-refractivity contribution < 1.29 is 14.3 Å². The van der Waals surface area contributed by atoms with Gasteiger partial charge in [-0.2, -0.15) is 0 Å². The summed E-state index contributed by atoms with van der Waals surface area (Å²) in [6.07, 6.45) is 3.72. The highest BCUT2D eigenvalue weighted by Crippen LogP contribution is 2.32. The van der Waals surface area contributed by atoms with Crippen LogP contribution in [0.25, 0.3) is 22.2 Å². The second-order valence-electron chi connectivity index (χ2n) is 8.26. The number of primary amides is 1. The molecule has 0 aliphatic rings. The maximum absolute atomic E-state index is 11.3. The molecule has 154 valence electrons. The number of benzene rings is 1. The number of nitrogens with two attached hydrogens (primary N) is 1. The van der Waals surface area contributed by atoms with E-state index in [2.05, 4.69) is 29.5 Å². The van der Waals surface area contributed by atoms with Gasteiger partial charge in [0, 0.05) is 25.0 Å². The summed E-state index contributed by atoms with van der Waals surface area (Å²) in [7, 11) is 2.02. The highest BCUT2D eigenvalue weighted by atomic mass is 16.6. The quantitative estimate of drug-likeness (QED) is 0.621. The van der Waals surface area contributed by atoms with Gasteiger partial charge in [-0.15, -0.1) is 0 Å². The van der Waals surface area contributed by atoms with E-state index in [-0.39, 0.29) is 6.61 Å². The molecule has 0 saturated carbocycles. The average Bonchev–Trinajstić information content (AvgIpc) is 3.00. The lowest BCUT2D eigenvalue weighted by Crippen LogP contribution is -2.41. The second-order valence-corrected chi connectivity index (χ2v) is 8.26. The molecule has 1 atom stereocenters. The maximum Gasteiger partial charge on any atom is 0.405 e. The molecule has 3 rings (SSSR count). The van der Waals surface area contributed by atoms with Crippen molar-refractivity contribution in [1.82, 2.24) is 9.55 Å². The van der Waals surface area contributed by atoms with Crippen molar-refractivity contribution in [3.8, 4) is 16.9 Å². The number of fused-ring (bicyclic) bond motifs is 1. The van der Waals surface area contributed by atoms with Crippen LogP contribution in [-0.2, 0) is 11.8 Å². The third kappa shape index (κ3) is 4.70. The molecule has 1 amide bonds. The van der Waals surface area contributed by atoms with Crippen molar-refractivity contribution in [2.45, 2.75) is 39.7 Å². The Kier molecular flexibility index (Phi) is 5.82. The molecule has 0 saturated heterocycles. The molecule has 2 heterocycles. The van der Waals surface area contributed by atoms with E-state index in [9.17, 15) is 4.79 Å². The van der Waals surface area contributed by atoms with E-state index >= 15 is 0 Å². The number of amides is 1. The average molecular weight is 396 g/mol. The number of hydrogen-bond donors (Lipinski definition) is 1. The first kappa shape index (κ1) is 20.7. The number of carbonyl (C=O) groups excluding carboxylic acids is 1. The Morgan fingerprint density at radius 3 is 2.69 bits per heavy atom. The summed E-state index contributed by atoms with van der Waals surface area (Å²) < 4.78 is 13.5. The minimum absolute atomic E-state index is 0.242. The van der Waals surface area contributed by atoms with Gasteiger partial charge in [0.25, 0.3) is 0 Å². The number of aromatic nitrogens is 2. The van der Waals surface area contributed by atoms with Gasteiger partial charge in [0.1, 0.15) is 18.0 Å². The number of hydrogen-bond acceptors (Lipinski definition) is 4. The fourth-order valence-electron chi connectivity index (χ4n) is 3.90. The normalized spacial score (nSPS) is 13.4. The van der Waals surface area contributed by atoms with Crippen LogP contribution in [0.4, 0.5) is 4.79 Å². The van der Waals surface area contributed by atoms with Gasteiger partial charge in [-0.25, -0.2) is 4.79 Å². The van der Waals surface area contributed by atoms with Gasteiger partial charge in [-0.05, 0) is 61.6 Å². The van der Waals surface area contributed by atoms with E-state index in [0.717, 1.165) is 33.5 Å². The first-order valence-corrected chi connectivity index (χ1v) is 9.81. The molecule has 2 N–H and O–H groups in total. The molecule has 0 spiro atoms. The first-order valence-electron chi connectivity index (χ1n) is 9.81. The molecule has 6 heteroatoms. The molecule has 1 aromatic carbocycles. The number of rotatable bonds is 7. The first-order chi connectivity index (χ1) is 13.7. The third-order valence-corrected chi connectivity index (χ3v) is 4.97. The van der Waals surface area contributed by atoms with Gasteiger partial charge in [0.2, 0.25) is 0 Å². The molecule has 29 heavy (non-hydrogen) atoms. The van der Waals surface area contributed by atoms with Crippen molar-refractivity contribution in [3.05, 3.63) is 48.3 Å². The van der Waals surface area contributed by atoms with Gasteiger partial charge in [0.15, 0.2) is 0 Å². The largest absolute Gasteiger partial charge is 0.489 e. The summed E-state index contributed by atoms with van der Waals surface area (Å²) in [6.45, 7) is 8.25. The minimum atomic E-state index is -0.784. The molecule has 2 aromatic heterocycles. The predicted molar refractivity (Wildman–Crippen MR) is 115 cm³/mol. The number of pyridine rings is 1. The highest BCUT2D eigenvalue weighted by Gasteiger charge is 2.30. The Hall–Kier alpha value is -3.02. The van der Waals surface area contributed by atoms with E-state index < -0.39 is 11.7 Å². The van der Waals surface area contributed by atoms with Crippen LogP contribution >= 0.6 is 0 Å². The number of nitrogens with zero attached hydrogens (tertiary/aromatic N) is 2.